The average Bonchev–Trinajstić information content (AvgIpc) is 2.85. The minimum atomic E-state index is -1.17. The van der Waals surface area contributed by atoms with E-state index in [1.165, 1.54) is 0 Å². The Kier molecular flexibility index (Phi) is 3.63. The fourth-order valence-electron chi connectivity index (χ4n) is 3.57. The number of amides is 1. The van der Waals surface area contributed by atoms with Gasteiger partial charge in [-0.1, -0.05) is 12.1 Å². The fourth-order valence-corrected chi connectivity index (χ4v) is 3.57. The monoisotopic (exact) mass is 306 g/mol. The third-order valence-electron chi connectivity index (χ3n) is 5.08. The summed E-state index contributed by atoms with van der Waals surface area (Å²) in [5.74, 6) is 0.697. The molecule has 1 aromatic carbocycles. The number of methoxy groups -OCH3 is 1. The average molecular weight is 306 g/mol. The SMILES string of the molecule is COc1cccc2c1CCC2(N)C(=O)N1CCC(C)(F)CC1. The first kappa shape index (κ1) is 15.3. The molecule has 0 saturated carbocycles. The second-order valence-corrected chi connectivity index (χ2v) is 6.66. The van der Waals surface area contributed by atoms with Crippen molar-refractivity contribution < 1.29 is 13.9 Å². The van der Waals surface area contributed by atoms with Gasteiger partial charge in [0, 0.05) is 13.1 Å². The largest absolute Gasteiger partial charge is 0.496 e. The quantitative estimate of drug-likeness (QED) is 0.911. The summed E-state index contributed by atoms with van der Waals surface area (Å²) < 4.78 is 19.3. The van der Waals surface area contributed by atoms with Crippen molar-refractivity contribution in [3.8, 4) is 5.75 Å². The van der Waals surface area contributed by atoms with Crippen molar-refractivity contribution in [3.05, 3.63) is 29.3 Å². The molecule has 1 fully saturated rings. The molecular formula is C17H23FN2O2. The number of piperidine rings is 1. The van der Waals surface area contributed by atoms with Crippen LogP contribution in [0.25, 0.3) is 0 Å². The van der Waals surface area contributed by atoms with E-state index in [4.69, 9.17) is 10.5 Å². The zero-order chi connectivity index (χ0) is 16.0. The first-order chi connectivity index (χ1) is 10.4. The molecule has 2 N–H and O–H groups in total. The van der Waals surface area contributed by atoms with Crippen LogP contribution >= 0.6 is 0 Å². The Balaban J connectivity index is 1.86. The number of fused-ring (bicyclic) bond motifs is 1. The smallest absolute Gasteiger partial charge is 0.247 e. The van der Waals surface area contributed by atoms with Gasteiger partial charge in [-0.2, -0.15) is 0 Å². The number of likely N-dealkylation sites (tertiary alicyclic amines) is 1. The Hall–Kier alpha value is -1.62. The molecule has 1 saturated heterocycles. The van der Waals surface area contributed by atoms with Crippen LogP contribution in [0, 0.1) is 0 Å². The Morgan fingerprint density at radius 2 is 2.00 bits per heavy atom. The van der Waals surface area contributed by atoms with Crippen molar-refractivity contribution in [2.45, 2.75) is 43.8 Å². The summed E-state index contributed by atoms with van der Waals surface area (Å²) in [5, 5.41) is 0. The van der Waals surface area contributed by atoms with Crippen LogP contribution in [0.5, 0.6) is 5.75 Å². The molecule has 4 nitrogen and oxygen atoms in total. The minimum absolute atomic E-state index is 0.0880. The molecule has 3 rings (SSSR count). The lowest BCUT2D eigenvalue weighted by atomic mass is 9.88. The summed E-state index contributed by atoms with van der Waals surface area (Å²) in [7, 11) is 1.63. The van der Waals surface area contributed by atoms with Crippen LogP contribution in [-0.4, -0.2) is 36.7 Å². The lowest BCUT2D eigenvalue weighted by molar-refractivity contribution is -0.139. The number of ether oxygens (including phenoxy) is 1. The van der Waals surface area contributed by atoms with Gasteiger partial charge in [0.15, 0.2) is 0 Å². The third-order valence-corrected chi connectivity index (χ3v) is 5.08. The predicted molar refractivity (Wildman–Crippen MR) is 82.5 cm³/mol. The lowest BCUT2D eigenvalue weighted by Gasteiger charge is -2.38. The van der Waals surface area contributed by atoms with E-state index in [-0.39, 0.29) is 5.91 Å². The molecule has 1 atom stereocenters. The van der Waals surface area contributed by atoms with Gasteiger partial charge in [0.25, 0.3) is 0 Å². The number of nitrogens with zero attached hydrogens (tertiary/aromatic N) is 1. The van der Waals surface area contributed by atoms with Crippen molar-refractivity contribution in [2.24, 2.45) is 5.73 Å². The molecule has 2 aliphatic rings. The third kappa shape index (κ3) is 2.37. The molecule has 1 unspecified atom stereocenters. The second kappa shape index (κ2) is 5.23. The second-order valence-electron chi connectivity index (χ2n) is 6.66. The highest BCUT2D eigenvalue weighted by Gasteiger charge is 2.46. The Bertz CT molecular complexity index is 592. The maximum Gasteiger partial charge on any atom is 0.247 e. The Morgan fingerprint density at radius 1 is 1.32 bits per heavy atom. The molecule has 0 radical (unpaired) electrons. The van der Waals surface area contributed by atoms with Crippen molar-refractivity contribution >= 4 is 5.91 Å². The van der Waals surface area contributed by atoms with E-state index >= 15 is 0 Å². The van der Waals surface area contributed by atoms with Crippen LogP contribution < -0.4 is 10.5 Å². The summed E-state index contributed by atoms with van der Waals surface area (Å²) in [4.78, 5) is 14.7. The molecule has 0 spiro atoms. The fraction of sp³-hybridized carbons (Fsp3) is 0.588. The number of rotatable bonds is 2. The summed E-state index contributed by atoms with van der Waals surface area (Å²) in [6.07, 6.45) is 2.06. The topological polar surface area (TPSA) is 55.6 Å². The van der Waals surface area contributed by atoms with Gasteiger partial charge in [0.2, 0.25) is 5.91 Å². The summed E-state index contributed by atoms with van der Waals surface area (Å²) in [6, 6.07) is 5.67. The number of alkyl halides is 1. The molecule has 1 heterocycles. The highest BCUT2D eigenvalue weighted by molar-refractivity contribution is 5.89. The van der Waals surface area contributed by atoms with Crippen LogP contribution in [0.1, 0.15) is 37.3 Å². The van der Waals surface area contributed by atoms with Gasteiger partial charge in [-0.15, -0.1) is 0 Å². The normalized spacial score (nSPS) is 26.6. The van der Waals surface area contributed by atoms with E-state index in [1.54, 1.807) is 18.9 Å². The predicted octanol–water partition coefficient (Wildman–Crippen LogP) is 2.15. The van der Waals surface area contributed by atoms with Gasteiger partial charge in [0.1, 0.15) is 17.0 Å². The first-order valence-corrected chi connectivity index (χ1v) is 7.81. The molecule has 1 amide bonds. The Labute approximate surface area is 130 Å². The van der Waals surface area contributed by atoms with Gasteiger partial charge in [-0.05, 0) is 49.8 Å². The van der Waals surface area contributed by atoms with Gasteiger partial charge < -0.3 is 15.4 Å². The summed E-state index contributed by atoms with van der Waals surface area (Å²) in [6.45, 7) is 2.47. The number of hydrogen-bond donors (Lipinski definition) is 1. The highest BCUT2D eigenvalue weighted by Crippen LogP contribution is 2.41. The number of carbonyl (C=O) groups excluding carboxylic acids is 1. The van der Waals surface area contributed by atoms with Gasteiger partial charge in [-0.25, -0.2) is 4.39 Å². The van der Waals surface area contributed by atoms with Crippen molar-refractivity contribution in [1.29, 1.82) is 0 Å². The number of nitrogens with two attached hydrogens (primary N) is 1. The molecule has 0 bridgehead atoms. The van der Waals surface area contributed by atoms with Crippen LogP contribution in [-0.2, 0) is 16.8 Å². The molecule has 5 heteroatoms. The Morgan fingerprint density at radius 3 is 2.64 bits per heavy atom. The molecule has 1 aromatic rings. The lowest BCUT2D eigenvalue weighted by Crippen LogP contribution is -2.54. The molecule has 1 aliphatic heterocycles. The van der Waals surface area contributed by atoms with Crippen molar-refractivity contribution in [2.75, 3.05) is 20.2 Å². The van der Waals surface area contributed by atoms with E-state index in [0.717, 1.165) is 23.3 Å². The maximum atomic E-state index is 13.9. The van der Waals surface area contributed by atoms with Gasteiger partial charge >= 0.3 is 0 Å². The number of carbonyl (C=O) groups is 1. The van der Waals surface area contributed by atoms with E-state index in [1.807, 2.05) is 18.2 Å². The van der Waals surface area contributed by atoms with Gasteiger partial charge in [-0.3, -0.25) is 4.79 Å². The zero-order valence-electron chi connectivity index (χ0n) is 13.2. The highest BCUT2D eigenvalue weighted by atomic mass is 19.1. The first-order valence-electron chi connectivity index (χ1n) is 7.81. The van der Waals surface area contributed by atoms with Crippen LogP contribution in [0.3, 0.4) is 0 Å². The van der Waals surface area contributed by atoms with Crippen molar-refractivity contribution in [1.82, 2.24) is 4.90 Å². The summed E-state index contributed by atoms with van der Waals surface area (Å²) in [5.41, 5.74) is 6.19. The standard InChI is InChI=1S/C17H23FN2O2/c1-16(18)8-10-20(11-9-16)15(21)17(19)7-6-12-13(17)4-3-5-14(12)22-2/h3-5H,6-11,19H2,1-2H3. The van der Waals surface area contributed by atoms with Gasteiger partial charge in [0.05, 0.1) is 7.11 Å². The molecular weight excluding hydrogens is 283 g/mol. The number of halogens is 1. The molecule has 1 aliphatic carbocycles. The molecule has 22 heavy (non-hydrogen) atoms. The minimum Gasteiger partial charge on any atom is -0.496 e. The van der Waals surface area contributed by atoms with Crippen molar-refractivity contribution in [3.63, 3.8) is 0 Å². The summed E-state index contributed by atoms with van der Waals surface area (Å²) >= 11 is 0. The maximum absolute atomic E-state index is 13.9. The van der Waals surface area contributed by atoms with Crippen LogP contribution in [0.15, 0.2) is 18.2 Å². The van der Waals surface area contributed by atoms with Crippen LogP contribution in [0.4, 0.5) is 4.39 Å². The van der Waals surface area contributed by atoms with E-state index in [0.29, 0.717) is 32.4 Å². The number of benzene rings is 1. The van der Waals surface area contributed by atoms with E-state index in [2.05, 4.69) is 0 Å². The van der Waals surface area contributed by atoms with Crippen LogP contribution in [0.2, 0.25) is 0 Å². The molecule has 0 aromatic heterocycles. The van der Waals surface area contributed by atoms with E-state index in [9.17, 15) is 9.18 Å². The number of hydrogen-bond acceptors (Lipinski definition) is 3. The molecule has 120 valence electrons. The zero-order valence-corrected chi connectivity index (χ0v) is 13.2. The van der Waals surface area contributed by atoms with E-state index < -0.39 is 11.2 Å².